The quantitative estimate of drug-likeness (QED) is 0.888. The molecule has 1 atom stereocenters. The van der Waals surface area contributed by atoms with Gasteiger partial charge in [0.15, 0.2) is 15.0 Å². The molecule has 0 aliphatic carbocycles. The van der Waals surface area contributed by atoms with Crippen LogP contribution in [0.2, 0.25) is 0 Å². The van der Waals surface area contributed by atoms with Crippen molar-refractivity contribution >= 4 is 32.3 Å². The van der Waals surface area contributed by atoms with E-state index in [1.165, 1.54) is 11.3 Å². The van der Waals surface area contributed by atoms with Crippen molar-refractivity contribution < 1.29 is 13.2 Å². The molecule has 1 fully saturated rings. The van der Waals surface area contributed by atoms with E-state index in [9.17, 15) is 13.2 Å². The zero-order valence-corrected chi connectivity index (χ0v) is 14.1. The number of hydrogen-bond acceptors (Lipinski definition) is 5. The Morgan fingerprint density at radius 2 is 2.19 bits per heavy atom. The number of carbonyl (C=O) groups is 1. The normalized spacial score (nSPS) is 21.2. The van der Waals surface area contributed by atoms with Crippen LogP contribution in [0.15, 0.2) is 6.20 Å². The minimum atomic E-state index is -3.03. The molecule has 2 N–H and O–H groups in total. The van der Waals surface area contributed by atoms with Gasteiger partial charge in [0.05, 0.1) is 11.0 Å². The molecule has 1 saturated heterocycles. The highest BCUT2D eigenvalue weighted by atomic mass is 32.2. The summed E-state index contributed by atoms with van der Waals surface area (Å²) in [5.74, 6) is 0.225. The van der Waals surface area contributed by atoms with Crippen LogP contribution < -0.4 is 10.6 Å². The molecular weight excluding hydrogens is 310 g/mol. The van der Waals surface area contributed by atoms with Crippen molar-refractivity contribution in [2.75, 3.05) is 17.6 Å². The van der Waals surface area contributed by atoms with Gasteiger partial charge in [-0.05, 0) is 18.3 Å². The zero-order chi connectivity index (χ0) is 15.7. The molecule has 1 unspecified atom stereocenters. The highest BCUT2D eigenvalue weighted by Crippen LogP contribution is 2.29. The molecule has 21 heavy (non-hydrogen) atoms. The van der Waals surface area contributed by atoms with Crippen molar-refractivity contribution in [1.82, 2.24) is 10.3 Å². The lowest BCUT2D eigenvalue weighted by Gasteiger charge is -2.14. The van der Waals surface area contributed by atoms with Gasteiger partial charge >= 0.3 is 6.03 Å². The second-order valence-corrected chi connectivity index (χ2v) is 9.68. The summed E-state index contributed by atoms with van der Waals surface area (Å²) in [5.41, 5.74) is -0.00794. The fourth-order valence-corrected chi connectivity index (χ4v) is 4.75. The molecule has 1 aromatic rings. The smallest absolute Gasteiger partial charge is 0.321 e. The second-order valence-electron chi connectivity index (χ2n) is 6.25. The summed E-state index contributed by atoms with van der Waals surface area (Å²) in [4.78, 5) is 17.0. The Morgan fingerprint density at radius 1 is 1.48 bits per heavy atom. The van der Waals surface area contributed by atoms with Crippen LogP contribution in [-0.2, 0) is 15.3 Å². The molecule has 0 radical (unpaired) electrons. The summed E-state index contributed by atoms with van der Waals surface area (Å²) in [5, 5.41) is 5.33. The first-order chi connectivity index (χ1) is 9.68. The SMILES string of the molecule is CC(C)(C)c1cnc(NC(=O)NCC2CCCS2(=O)=O)s1. The number of hydrogen-bond donors (Lipinski definition) is 2. The highest BCUT2D eigenvalue weighted by molar-refractivity contribution is 7.92. The molecule has 0 bridgehead atoms. The Bertz CT molecular complexity index is 617. The number of thiazole rings is 1. The molecular formula is C13H21N3O3S2. The lowest BCUT2D eigenvalue weighted by atomic mass is 9.96. The van der Waals surface area contributed by atoms with E-state index in [1.54, 1.807) is 6.20 Å². The molecule has 1 aliphatic rings. The Labute approximate surface area is 129 Å². The molecule has 2 rings (SSSR count). The van der Waals surface area contributed by atoms with Crippen molar-refractivity contribution in [1.29, 1.82) is 0 Å². The van der Waals surface area contributed by atoms with E-state index in [1.807, 2.05) is 0 Å². The molecule has 2 amide bonds. The van der Waals surface area contributed by atoms with Crippen LogP contribution in [0.4, 0.5) is 9.93 Å². The molecule has 0 spiro atoms. The first-order valence-electron chi connectivity index (χ1n) is 6.91. The summed E-state index contributed by atoms with van der Waals surface area (Å²) < 4.78 is 23.3. The van der Waals surface area contributed by atoms with Gasteiger partial charge in [0, 0.05) is 17.6 Å². The number of rotatable bonds is 3. The van der Waals surface area contributed by atoms with Crippen LogP contribution in [0, 0.1) is 0 Å². The number of nitrogens with one attached hydrogen (secondary N) is 2. The third-order valence-electron chi connectivity index (χ3n) is 3.42. The van der Waals surface area contributed by atoms with Crippen molar-refractivity contribution in [3.63, 3.8) is 0 Å². The van der Waals surface area contributed by atoms with Crippen molar-refractivity contribution in [3.05, 3.63) is 11.1 Å². The van der Waals surface area contributed by atoms with Gasteiger partial charge in [-0.3, -0.25) is 5.32 Å². The molecule has 1 aliphatic heterocycles. The standard InChI is InChI=1S/C13H21N3O3S2/c1-13(2,3)10-8-15-12(20-10)16-11(17)14-7-9-5-4-6-21(9,18)19/h8-9H,4-7H2,1-3H3,(H2,14,15,16,17). The highest BCUT2D eigenvalue weighted by Gasteiger charge is 2.31. The number of nitrogens with zero attached hydrogens (tertiary/aromatic N) is 1. The van der Waals surface area contributed by atoms with E-state index in [-0.39, 0.29) is 17.7 Å². The van der Waals surface area contributed by atoms with Crippen molar-refractivity contribution in [2.45, 2.75) is 44.3 Å². The van der Waals surface area contributed by atoms with Gasteiger partial charge in [0.25, 0.3) is 0 Å². The monoisotopic (exact) mass is 331 g/mol. The molecule has 6 nitrogen and oxygen atoms in total. The summed E-state index contributed by atoms with van der Waals surface area (Å²) in [6.07, 6.45) is 3.05. The summed E-state index contributed by atoms with van der Waals surface area (Å²) >= 11 is 1.42. The average Bonchev–Trinajstić information content (AvgIpc) is 2.92. The fourth-order valence-electron chi connectivity index (χ4n) is 2.11. The van der Waals surface area contributed by atoms with E-state index >= 15 is 0 Å². The summed E-state index contributed by atoms with van der Waals surface area (Å²) in [6, 6.07) is -0.410. The molecule has 1 aromatic heterocycles. The number of anilines is 1. The number of amides is 2. The fraction of sp³-hybridized carbons (Fsp3) is 0.692. The number of urea groups is 1. The topological polar surface area (TPSA) is 88.2 Å². The van der Waals surface area contributed by atoms with Crippen molar-refractivity contribution in [2.24, 2.45) is 0 Å². The first kappa shape index (κ1) is 16.2. The van der Waals surface area contributed by atoms with Crippen LogP contribution in [0.25, 0.3) is 0 Å². The number of carbonyl (C=O) groups excluding carboxylic acids is 1. The molecule has 0 saturated carbocycles. The minimum Gasteiger partial charge on any atom is -0.337 e. The molecule has 2 heterocycles. The van der Waals surface area contributed by atoms with Gasteiger partial charge in [0.1, 0.15) is 0 Å². The zero-order valence-electron chi connectivity index (χ0n) is 12.5. The predicted octanol–water partition coefficient (Wildman–Crippen LogP) is 2.14. The van der Waals surface area contributed by atoms with Crippen LogP contribution in [-0.4, -0.2) is 37.0 Å². The Hall–Kier alpha value is -1.15. The van der Waals surface area contributed by atoms with Crippen LogP contribution in [0.3, 0.4) is 0 Å². The van der Waals surface area contributed by atoms with E-state index in [4.69, 9.17) is 0 Å². The van der Waals surface area contributed by atoms with E-state index in [2.05, 4.69) is 36.4 Å². The van der Waals surface area contributed by atoms with Crippen LogP contribution in [0.5, 0.6) is 0 Å². The van der Waals surface area contributed by atoms with E-state index in [0.29, 0.717) is 18.0 Å². The van der Waals surface area contributed by atoms with Gasteiger partial charge in [0.2, 0.25) is 0 Å². The first-order valence-corrected chi connectivity index (χ1v) is 9.44. The maximum absolute atomic E-state index is 11.8. The third-order valence-corrected chi connectivity index (χ3v) is 7.03. The largest absolute Gasteiger partial charge is 0.337 e. The second kappa shape index (κ2) is 5.92. The summed E-state index contributed by atoms with van der Waals surface area (Å²) in [7, 11) is -3.03. The summed E-state index contributed by atoms with van der Waals surface area (Å²) in [6.45, 7) is 6.39. The lowest BCUT2D eigenvalue weighted by Crippen LogP contribution is -2.37. The van der Waals surface area contributed by atoms with Gasteiger partial charge in [-0.15, -0.1) is 11.3 Å². The Kier molecular flexibility index (Phi) is 4.57. The predicted molar refractivity (Wildman–Crippen MR) is 84.6 cm³/mol. The molecule has 118 valence electrons. The number of aromatic nitrogens is 1. The average molecular weight is 331 g/mol. The lowest BCUT2D eigenvalue weighted by molar-refractivity contribution is 0.252. The van der Waals surface area contributed by atoms with Gasteiger partial charge < -0.3 is 5.32 Å². The van der Waals surface area contributed by atoms with E-state index < -0.39 is 21.1 Å². The molecule has 8 heteroatoms. The maximum Gasteiger partial charge on any atom is 0.321 e. The minimum absolute atomic E-state index is 0.00794. The van der Waals surface area contributed by atoms with Crippen LogP contribution >= 0.6 is 11.3 Å². The van der Waals surface area contributed by atoms with Gasteiger partial charge in [-0.2, -0.15) is 0 Å². The van der Waals surface area contributed by atoms with Crippen LogP contribution in [0.1, 0.15) is 38.5 Å². The maximum atomic E-state index is 11.8. The van der Waals surface area contributed by atoms with E-state index in [0.717, 1.165) is 4.88 Å². The van der Waals surface area contributed by atoms with Crippen molar-refractivity contribution in [3.8, 4) is 0 Å². The molecule has 0 aromatic carbocycles. The van der Waals surface area contributed by atoms with Gasteiger partial charge in [-0.1, -0.05) is 20.8 Å². The Balaban J connectivity index is 1.86. The number of sulfone groups is 1. The third kappa shape index (κ3) is 4.16. The Morgan fingerprint density at radius 3 is 2.71 bits per heavy atom. The van der Waals surface area contributed by atoms with Gasteiger partial charge in [-0.25, -0.2) is 18.2 Å².